The van der Waals surface area contributed by atoms with Crippen molar-refractivity contribution in [1.29, 1.82) is 0 Å². The summed E-state index contributed by atoms with van der Waals surface area (Å²) in [5.41, 5.74) is 2.02. The van der Waals surface area contributed by atoms with Crippen LogP contribution >= 0.6 is 0 Å². The fraction of sp³-hybridized carbons (Fsp3) is 0.320. The van der Waals surface area contributed by atoms with Crippen LogP contribution in [0.25, 0.3) is 0 Å². The number of allylic oxidation sites excluding steroid dienone is 1. The first-order valence-electron chi connectivity index (χ1n) is 10.6. The largest absolute Gasteiger partial charge is 0.427 e. The van der Waals surface area contributed by atoms with Gasteiger partial charge in [-0.05, 0) is 60.7 Å². The molecule has 0 heterocycles. The molecule has 0 aromatic heterocycles. The lowest BCUT2D eigenvalue weighted by Gasteiger charge is -2.17. The first-order valence-corrected chi connectivity index (χ1v) is 10.6. The van der Waals surface area contributed by atoms with Gasteiger partial charge in [0.15, 0.2) is 0 Å². The Morgan fingerprint density at radius 3 is 2.48 bits per heavy atom. The molecule has 2 N–H and O–H groups in total. The first-order chi connectivity index (χ1) is 15.0. The molecular formula is C25H28N2O4. The zero-order chi connectivity index (χ0) is 22.1. The second-order valence-electron chi connectivity index (χ2n) is 7.75. The maximum Gasteiger partial charge on any atom is 0.308 e. The van der Waals surface area contributed by atoms with Crippen molar-refractivity contribution in [3.05, 3.63) is 71.8 Å². The molecule has 1 saturated carbocycles. The molecule has 0 radical (unpaired) electrons. The quantitative estimate of drug-likeness (QED) is 0.389. The number of rotatable bonds is 7. The number of carbonyl (C=O) groups is 3. The molecule has 31 heavy (non-hydrogen) atoms. The minimum Gasteiger partial charge on any atom is -0.427 e. The Morgan fingerprint density at radius 2 is 1.77 bits per heavy atom. The van der Waals surface area contributed by atoms with E-state index in [9.17, 15) is 14.4 Å². The lowest BCUT2D eigenvalue weighted by molar-refractivity contribution is -0.131. The minimum atomic E-state index is -0.436. The van der Waals surface area contributed by atoms with Gasteiger partial charge in [0.05, 0.1) is 0 Å². The van der Waals surface area contributed by atoms with Crippen molar-refractivity contribution in [2.75, 3.05) is 5.32 Å². The first kappa shape index (κ1) is 22.3. The van der Waals surface area contributed by atoms with Crippen molar-refractivity contribution in [1.82, 2.24) is 5.32 Å². The monoisotopic (exact) mass is 420 g/mol. The highest BCUT2D eigenvalue weighted by molar-refractivity contribution is 5.99. The number of ether oxygens (including phenoxy) is 1. The van der Waals surface area contributed by atoms with Gasteiger partial charge in [-0.3, -0.25) is 14.4 Å². The maximum absolute atomic E-state index is 12.4. The molecule has 2 amide bonds. The third kappa shape index (κ3) is 7.41. The topological polar surface area (TPSA) is 84.5 Å². The Kier molecular flexibility index (Phi) is 7.98. The second-order valence-corrected chi connectivity index (χ2v) is 7.75. The second kappa shape index (κ2) is 11.1. The predicted molar refractivity (Wildman–Crippen MR) is 120 cm³/mol. The van der Waals surface area contributed by atoms with Gasteiger partial charge >= 0.3 is 5.97 Å². The fourth-order valence-electron chi connectivity index (χ4n) is 3.59. The van der Waals surface area contributed by atoms with Crippen molar-refractivity contribution < 1.29 is 19.1 Å². The Balaban J connectivity index is 1.48. The van der Waals surface area contributed by atoms with Crippen LogP contribution in [0.3, 0.4) is 0 Å². The van der Waals surface area contributed by atoms with E-state index in [0.29, 0.717) is 29.5 Å². The molecule has 0 bridgehead atoms. The van der Waals surface area contributed by atoms with E-state index in [1.807, 2.05) is 30.3 Å². The van der Waals surface area contributed by atoms with E-state index in [4.69, 9.17) is 4.74 Å². The maximum atomic E-state index is 12.4. The number of esters is 1. The number of carbonyl (C=O) groups excluding carboxylic acids is 3. The Hall–Kier alpha value is -3.41. The Labute approximate surface area is 182 Å². The standard InChI is InChI=1S/C25H28N2O4/c1-18(28)31-23-9-5-8-21(16-23)25(30)26-17-20-10-13-22(14-11-20)27-24(29)15-12-19-6-3-2-4-7-19/h5,8-16,19H,2-4,6-7,17H2,1H3,(H,26,30)(H,27,29)/b15-12+. The molecule has 2 aromatic carbocycles. The summed E-state index contributed by atoms with van der Waals surface area (Å²) >= 11 is 0. The number of nitrogens with one attached hydrogen (secondary N) is 2. The van der Waals surface area contributed by atoms with Gasteiger partial charge in [0, 0.05) is 24.7 Å². The lowest BCUT2D eigenvalue weighted by Crippen LogP contribution is -2.22. The van der Waals surface area contributed by atoms with Crippen LogP contribution in [0.2, 0.25) is 0 Å². The molecule has 0 unspecified atom stereocenters. The molecule has 1 aliphatic rings. The van der Waals surface area contributed by atoms with Crippen LogP contribution in [-0.2, 0) is 16.1 Å². The van der Waals surface area contributed by atoms with E-state index in [-0.39, 0.29) is 11.8 Å². The van der Waals surface area contributed by atoms with Gasteiger partial charge in [0.1, 0.15) is 5.75 Å². The fourth-order valence-corrected chi connectivity index (χ4v) is 3.59. The summed E-state index contributed by atoms with van der Waals surface area (Å²) in [6, 6.07) is 13.8. The van der Waals surface area contributed by atoms with Crippen molar-refractivity contribution in [3.8, 4) is 5.75 Å². The molecule has 0 atom stereocenters. The summed E-state index contributed by atoms with van der Waals surface area (Å²) in [6.07, 6.45) is 9.77. The molecule has 162 valence electrons. The average molecular weight is 421 g/mol. The SMILES string of the molecule is CC(=O)Oc1cccc(C(=O)NCc2ccc(NC(=O)/C=C/C3CCCCC3)cc2)c1. The third-order valence-electron chi connectivity index (χ3n) is 5.20. The van der Waals surface area contributed by atoms with E-state index in [2.05, 4.69) is 10.6 Å². The summed E-state index contributed by atoms with van der Waals surface area (Å²) in [5.74, 6) is 0.0192. The van der Waals surface area contributed by atoms with Crippen LogP contribution in [0.15, 0.2) is 60.7 Å². The van der Waals surface area contributed by atoms with Gasteiger partial charge in [-0.25, -0.2) is 0 Å². The van der Waals surface area contributed by atoms with Crippen LogP contribution in [-0.4, -0.2) is 17.8 Å². The number of amides is 2. The molecule has 3 rings (SSSR count). The summed E-state index contributed by atoms with van der Waals surface area (Å²) in [5, 5.41) is 5.70. The van der Waals surface area contributed by atoms with Gasteiger partial charge in [-0.2, -0.15) is 0 Å². The van der Waals surface area contributed by atoms with Crippen molar-refractivity contribution in [2.45, 2.75) is 45.6 Å². The van der Waals surface area contributed by atoms with Gasteiger partial charge in [-0.1, -0.05) is 43.5 Å². The van der Waals surface area contributed by atoms with Crippen molar-refractivity contribution in [3.63, 3.8) is 0 Å². The zero-order valence-electron chi connectivity index (χ0n) is 17.7. The van der Waals surface area contributed by atoms with Gasteiger partial charge in [-0.15, -0.1) is 0 Å². The number of hydrogen-bond acceptors (Lipinski definition) is 4. The number of hydrogen-bond donors (Lipinski definition) is 2. The highest BCUT2D eigenvalue weighted by Gasteiger charge is 2.11. The molecule has 1 fully saturated rings. The molecule has 1 aliphatic carbocycles. The molecule has 0 aliphatic heterocycles. The van der Waals surface area contributed by atoms with Crippen LogP contribution in [0.1, 0.15) is 54.9 Å². The summed E-state index contributed by atoms with van der Waals surface area (Å²) in [6.45, 7) is 1.65. The van der Waals surface area contributed by atoms with E-state index >= 15 is 0 Å². The molecule has 6 heteroatoms. The normalized spacial score (nSPS) is 14.2. The van der Waals surface area contributed by atoms with E-state index in [0.717, 1.165) is 18.4 Å². The van der Waals surface area contributed by atoms with E-state index < -0.39 is 5.97 Å². The van der Waals surface area contributed by atoms with E-state index in [1.54, 1.807) is 24.3 Å². The van der Waals surface area contributed by atoms with Crippen LogP contribution < -0.4 is 15.4 Å². The molecule has 2 aromatic rings. The average Bonchev–Trinajstić information content (AvgIpc) is 2.77. The van der Waals surface area contributed by atoms with Gasteiger partial charge in [0.2, 0.25) is 5.91 Å². The minimum absolute atomic E-state index is 0.126. The molecular weight excluding hydrogens is 392 g/mol. The van der Waals surface area contributed by atoms with Crippen molar-refractivity contribution >= 4 is 23.5 Å². The highest BCUT2D eigenvalue weighted by Crippen LogP contribution is 2.24. The van der Waals surface area contributed by atoms with Gasteiger partial charge in [0.25, 0.3) is 5.91 Å². The summed E-state index contributed by atoms with van der Waals surface area (Å²) in [4.78, 5) is 35.5. The molecule has 6 nitrogen and oxygen atoms in total. The van der Waals surface area contributed by atoms with Gasteiger partial charge < -0.3 is 15.4 Å². The molecule has 0 spiro atoms. The Morgan fingerprint density at radius 1 is 1.03 bits per heavy atom. The van der Waals surface area contributed by atoms with Crippen LogP contribution in [0, 0.1) is 5.92 Å². The molecule has 0 saturated heterocycles. The predicted octanol–water partition coefficient (Wildman–Crippen LogP) is 4.62. The Bertz CT molecular complexity index is 944. The zero-order valence-corrected chi connectivity index (χ0v) is 17.7. The summed E-state index contributed by atoms with van der Waals surface area (Å²) < 4.78 is 5.01. The smallest absolute Gasteiger partial charge is 0.308 e. The highest BCUT2D eigenvalue weighted by atomic mass is 16.5. The van der Waals surface area contributed by atoms with E-state index in [1.165, 1.54) is 32.3 Å². The van der Waals surface area contributed by atoms with Crippen LogP contribution in [0.4, 0.5) is 5.69 Å². The summed E-state index contributed by atoms with van der Waals surface area (Å²) in [7, 11) is 0. The van der Waals surface area contributed by atoms with Crippen LogP contribution in [0.5, 0.6) is 5.75 Å². The van der Waals surface area contributed by atoms with Crippen molar-refractivity contribution in [2.24, 2.45) is 5.92 Å². The third-order valence-corrected chi connectivity index (χ3v) is 5.20. The lowest BCUT2D eigenvalue weighted by atomic mass is 9.89. The number of anilines is 1. The number of benzene rings is 2.